The van der Waals surface area contributed by atoms with Crippen molar-refractivity contribution in [1.82, 2.24) is 5.43 Å². The highest BCUT2D eigenvalue weighted by molar-refractivity contribution is 6.32. The van der Waals surface area contributed by atoms with E-state index in [4.69, 9.17) is 23.9 Å². The van der Waals surface area contributed by atoms with Crippen molar-refractivity contribution in [2.24, 2.45) is 5.84 Å². The normalized spacial score (nSPS) is 12.1. The molecule has 80 valence electrons. The van der Waals surface area contributed by atoms with Gasteiger partial charge in [0.25, 0.3) is 0 Å². The van der Waals surface area contributed by atoms with Crippen LogP contribution in [0.3, 0.4) is 0 Å². The number of nitrogens with one attached hydrogen (secondary N) is 1. The van der Waals surface area contributed by atoms with E-state index in [0.717, 1.165) is 22.6 Å². The molecule has 0 bridgehead atoms. The lowest BCUT2D eigenvalue weighted by atomic mass is 10.0. The number of hydrogen-bond acceptors (Lipinski definition) is 2. The lowest BCUT2D eigenvalue weighted by Gasteiger charge is -2.17. The van der Waals surface area contributed by atoms with Crippen molar-refractivity contribution in [2.75, 3.05) is 0 Å². The van der Waals surface area contributed by atoms with Crippen LogP contribution >= 0.6 is 11.6 Å². The van der Waals surface area contributed by atoms with E-state index >= 15 is 0 Å². The van der Waals surface area contributed by atoms with Crippen molar-refractivity contribution in [1.29, 1.82) is 0 Å². The monoisotopic (exact) mass is 222 g/mol. The Morgan fingerprint density at radius 3 is 2.93 bits per heavy atom. The fourth-order valence-electron chi connectivity index (χ4n) is 1.50. The third-order valence-corrected chi connectivity index (χ3v) is 2.89. The lowest BCUT2D eigenvalue weighted by molar-refractivity contribution is 0.524. The summed E-state index contributed by atoms with van der Waals surface area (Å²) in [6.07, 6.45) is 6.69. The Balaban J connectivity index is 2.92. The minimum atomic E-state index is 0.0217. The summed E-state index contributed by atoms with van der Waals surface area (Å²) < 4.78 is 0. The molecular weight excluding hydrogens is 208 g/mol. The number of nitrogens with two attached hydrogens (primary N) is 1. The topological polar surface area (TPSA) is 38.0 Å². The molecule has 1 aromatic rings. The van der Waals surface area contributed by atoms with Crippen LogP contribution in [0.1, 0.15) is 30.0 Å². The Morgan fingerprint density at radius 1 is 1.60 bits per heavy atom. The number of aryl methyl sites for hydroxylation is 1. The van der Waals surface area contributed by atoms with Gasteiger partial charge in [0.05, 0.1) is 0 Å². The van der Waals surface area contributed by atoms with E-state index in [0.29, 0.717) is 6.42 Å². The van der Waals surface area contributed by atoms with E-state index in [-0.39, 0.29) is 6.04 Å². The molecule has 0 amide bonds. The van der Waals surface area contributed by atoms with E-state index in [1.54, 1.807) is 0 Å². The number of hydrazine groups is 1. The highest BCUT2D eigenvalue weighted by Gasteiger charge is 2.13. The fraction of sp³-hybridized carbons (Fsp3) is 0.333. The molecule has 0 saturated heterocycles. The molecule has 1 unspecified atom stereocenters. The van der Waals surface area contributed by atoms with Crippen molar-refractivity contribution in [3.8, 4) is 12.3 Å². The summed E-state index contributed by atoms with van der Waals surface area (Å²) in [4.78, 5) is 0. The number of halogens is 1. The molecule has 1 rings (SSSR count). The van der Waals surface area contributed by atoms with E-state index in [1.165, 1.54) is 0 Å². The van der Waals surface area contributed by atoms with Gasteiger partial charge in [-0.3, -0.25) is 11.3 Å². The second-order valence-electron chi connectivity index (χ2n) is 3.44. The summed E-state index contributed by atoms with van der Waals surface area (Å²) in [7, 11) is 0. The van der Waals surface area contributed by atoms with Gasteiger partial charge in [0.15, 0.2) is 0 Å². The molecule has 0 fully saturated rings. The number of benzene rings is 1. The Morgan fingerprint density at radius 2 is 2.33 bits per heavy atom. The molecule has 2 nitrogen and oxygen atoms in total. The van der Waals surface area contributed by atoms with Crippen LogP contribution in [0.5, 0.6) is 0 Å². The molecule has 0 spiro atoms. The molecule has 1 aromatic carbocycles. The number of hydrogen-bond donors (Lipinski definition) is 2. The van der Waals surface area contributed by atoms with Crippen molar-refractivity contribution in [3.05, 3.63) is 34.3 Å². The van der Waals surface area contributed by atoms with Crippen molar-refractivity contribution in [2.45, 2.75) is 25.8 Å². The molecule has 3 heteroatoms. The molecule has 0 aliphatic rings. The van der Waals surface area contributed by atoms with Crippen molar-refractivity contribution < 1.29 is 0 Å². The molecule has 0 aromatic heterocycles. The molecule has 15 heavy (non-hydrogen) atoms. The molecule has 0 saturated carbocycles. The molecule has 0 heterocycles. The van der Waals surface area contributed by atoms with Gasteiger partial charge in [-0.05, 0) is 24.5 Å². The minimum Gasteiger partial charge on any atom is -0.271 e. The van der Waals surface area contributed by atoms with Gasteiger partial charge >= 0.3 is 0 Å². The maximum atomic E-state index is 6.20. The Bertz CT molecular complexity index is 368. The predicted octanol–water partition coefficient (Wildman–Crippen LogP) is 2.57. The molecule has 0 aliphatic heterocycles. The fourth-order valence-corrected chi connectivity index (χ4v) is 1.75. The maximum Gasteiger partial charge on any atom is 0.0483 e. The third-order valence-electron chi connectivity index (χ3n) is 2.38. The lowest BCUT2D eigenvalue weighted by Crippen LogP contribution is -2.28. The first-order valence-electron chi connectivity index (χ1n) is 4.85. The Labute approximate surface area is 95.8 Å². The summed E-state index contributed by atoms with van der Waals surface area (Å²) in [5, 5.41) is 0.762. The molecule has 0 radical (unpaired) electrons. The van der Waals surface area contributed by atoms with Crippen LogP contribution in [-0.2, 0) is 0 Å². The van der Waals surface area contributed by atoms with Crippen molar-refractivity contribution in [3.63, 3.8) is 0 Å². The zero-order valence-electron chi connectivity index (χ0n) is 8.76. The first kappa shape index (κ1) is 12.1. The van der Waals surface area contributed by atoms with E-state index in [9.17, 15) is 0 Å². The third kappa shape index (κ3) is 2.97. The highest BCUT2D eigenvalue weighted by atomic mass is 35.5. The highest BCUT2D eigenvalue weighted by Crippen LogP contribution is 2.28. The smallest absolute Gasteiger partial charge is 0.0483 e. The second kappa shape index (κ2) is 5.77. The zero-order chi connectivity index (χ0) is 11.3. The summed E-state index contributed by atoms with van der Waals surface area (Å²) in [6, 6.07) is 5.93. The standard InChI is InChI=1S/C12H15ClN2/c1-3-4-8-11(15-14)10-7-5-6-9(2)12(10)13/h1,5-7,11,15H,4,8,14H2,2H3. The van der Waals surface area contributed by atoms with Crippen LogP contribution in [-0.4, -0.2) is 0 Å². The first-order chi connectivity index (χ1) is 7.20. The summed E-state index contributed by atoms with van der Waals surface area (Å²) in [6.45, 7) is 1.97. The van der Waals surface area contributed by atoms with Crippen LogP contribution in [0.15, 0.2) is 18.2 Å². The summed E-state index contributed by atoms with van der Waals surface area (Å²) in [5.41, 5.74) is 4.80. The van der Waals surface area contributed by atoms with Gasteiger partial charge in [-0.2, -0.15) is 0 Å². The van der Waals surface area contributed by atoms with Crippen molar-refractivity contribution >= 4 is 11.6 Å². The second-order valence-corrected chi connectivity index (χ2v) is 3.82. The van der Waals surface area contributed by atoms with Crippen LogP contribution in [0.25, 0.3) is 0 Å². The summed E-state index contributed by atoms with van der Waals surface area (Å²) >= 11 is 6.20. The van der Waals surface area contributed by atoms with Crippen LogP contribution < -0.4 is 11.3 Å². The van der Waals surface area contributed by atoms with Gasteiger partial charge in [0.2, 0.25) is 0 Å². The maximum absolute atomic E-state index is 6.20. The largest absolute Gasteiger partial charge is 0.271 e. The summed E-state index contributed by atoms with van der Waals surface area (Å²) in [5.74, 6) is 8.08. The minimum absolute atomic E-state index is 0.0217. The number of terminal acetylenes is 1. The molecule has 0 aliphatic carbocycles. The molecule has 3 N–H and O–H groups in total. The van der Waals surface area contributed by atoms with E-state index < -0.39 is 0 Å². The molecule has 1 atom stereocenters. The van der Waals surface area contributed by atoms with Gasteiger partial charge in [0.1, 0.15) is 0 Å². The first-order valence-corrected chi connectivity index (χ1v) is 5.23. The average molecular weight is 223 g/mol. The van der Waals surface area contributed by atoms with Crippen LogP contribution in [0, 0.1) is 19.3 Å². The van der Waals surface area contributed by atoms with Gasteiger partial charge < -0.3 is 0 Å². The van der Waals surface area contributed by atoms with Crippen LogP contribution in [0.4, 0.5) is 0 Å². The van der Waals surface area contributed by atoms with E-state index in [2.05, 4.69) is 11.3 Å². The van der Waals surface area contributed by atoms with Gasteiger partial charge in [-0.25, -0.2) is 0 Å². The number of rotatable bonds is 4. The van der Waals surface area contributed by atoms with Gasteiger partial charge in [-0.1, -0.05) is 29.8 Å². The van der Waals surface area contributed by atoms with Gasteiger partial charge in [0, 0.05) is 17.5 Å². The Kier molecular flexibility index (Phi) is 4.64. The van der Waals surface area contributed by atoms with Gasteiger partial charge in [-0.15, -0.1) is 12.3 Å². The average Bonchev–Trinajstić information content (AvgIpc) is 2.25. The molecular formula is C12H15ClN2. The van der Waals surface area contributed by atoms with Crippen LogP contribution in [0.2, 0.25) is 5.02 Å². The van der Waals surface area contributed by atoms with E-state index in [1.807, 2.05) is 25.1 Å². The quantitative estimate of drug-likeness (QED) is 0.467. The zero-order valence-corrected chi connectivity index (χ0v) is 9.51. The predicted molar refractivity (Wildman–Crippen MR) is 64.3 cm³/mol. The SMILES string of the molecule is C#CCCC(NN)c1cccc(C)c1Cl. The Hall–Kier alpha value is -1.01.